The Morgan fingerprint density at radius 2 is 2.10 bits per heavy atom. The van der Waals surface area contributed by atoms with Gasteiger partial charge in [0.25, 0.3) is 0 Å². The molecule has 0 aliphatic carbocycles. The summed E-state index contributed by atoms with van der Waals surface area (Å²) in [6, 6.07) is 7.21. The third kappa shape index (κ3) is 2.95. The highest BCUT2D eigenvalue weighted by atomic mass is 32.2. The van der Waals surface area contributed by atoms with E-state index in [2.05, 4.69) is 5.16 Å². The monoisotopic (exact) mass is 296 g/mol. The number of anilines is 1. The van der Waals surface area contributed by atoms with E-state index in [4.69, 9.17) is 5.21 Å². The van der Waals surface area contributed by atoms with Gasteiger partial charge in [-0.3, -0.25) is 4.31 Å². The lowest BCUT2D eigenvalue weighted by molar-refractivity contribution is 0.318. The van der Waals surface area contributed by atoms with Gasteiger partial charge >= 0.3 is 0 Å². The molecule has 6 heteroatoms. The summed E-state index contributed by atoms with van der Waals surface area (Å²) in [6.45, 7) is 2.41. The number of fused-ring (bicyclic) bond motifs is 1. The van der Waals surface area contributed by atoms with Gasteiger partial charge in [0.15, 0.2) is 0 Å². The van der Waals surface area contributed by atoms with Crippen LogP contribution in [-0.4, -0.2) is 31.6 Å². The van der Waals surface area contributed by atoms with Gasteiger partial charge in [-0.25, -0.2) is 8.42 Å². The highest BCUT2D eigenvalue weighted by Crippen LogP contribution is 2.29. The molecule has 0 fully saturated rings. The Hall–Kier alpha value is -1.56. The maximum Gasteiger partial charge on any atom is 0.235 e. The smallest absolute Gasteiger partial charge is 0.235 e. The lowest BCUT2D eigenvalue weighted by Gasteiger charge is -2.24. The molecular weight excluding hydrogens is 276 g/mol. The summed E-state index contributed by atoms with van der Waals surface area (Å²) in [5, 5.41) is 12.4. The minimum absolute atomic E-state index is 0.156. The van der Waals surface area contributed by atoms with Crippen LogP contribution in [0, 0.1) is 0 Å². The van der Waals surface area contributed by atoms with Gasteiger partial charge in [-0.05, 0) is 25.3 Å². The molecule has 0 aromatic heterocycles. The number of para-hydroxylation sites is 1. The molecule has 1 aliphatic heterocycles. The highest BCUT2D eigenvalue weighted by Gasteiger charge is 2.27. The molecule has 0 atom stereocenters. The summed E-state index contributed by atoms with van der Waals surface area (Å²) < 4.78 is 26.4. The Kier molecular flexibility index (Phi) is 4.65. The number of nitrogens with zero attached hydrogens (tertiary/aromatic N) is 2. The number of unbranched alkanes of at least 4 members (excludes halogenated alkanes) is 1. The van der Waals surface area contributed by atoms with Crippen LogP contribution in [-0.2, 0) is 10.0 Å². The third-order valence-electron chi connectivity index (χ3n) is 3.47. The van der Waals surface area contributed by atoms with Crippen LogP contribution in [0.1, 0.15) is 38.2 Å². The van der Waals surface area contributed by atoms with Crippen molar-refractivity contribution in [2.45, 2.75) is 32.6 Å². The molecule has 1 heterocycles. The number of hydrogen-bond acceptors (Lipinski definition) is 4. The fraction of sp³-hybridized carbons (Fsp3) is 0.500. The van der Waals surface area contributed by atoms with Crippen LogP contribution < -0.4 is 4.31 Å². The first-order valence-electron chi connectivity index (χ1n) is 6.91. The topological polar surface area (TPSA) is 70.0 Å². The lowest BCUT2D eigenvalue weighted by Crippen LogP contribution is -2.33. The van der Waals surface area contributed by atoms with Crippen LogP contribution in [0.15, 0.2) is 29.4 Å². The van der Waals surface area contributed by atoms with Crippen molar-refractivity contribution in [2.75, 3.05) is 16.6 Å². The number of hydrogen-bond donors (Lipinski definition) is 1. The molecule has 0 radical (unpaired) electrons. The van der Waals surface area contributed by atoms with E-state index in [-0.39, 0.29) is 5.75 Å². The van der Waals surface area contributed by atoms with Crippen molar-refractivity contribution < 1.29 is 13.6 Å². The molecule has 0 unspecified atom stereocenters. The molecule has 0 saturated carbocycles. The molecule has 0 saturated heterocycles. The Morgan fingerprint density at radius 3 is 2.80 bits per heavy atom. The Bertz CT molecular complexity index is 596. The molecule has 0 amide bonds. The van der Waals surface area contributed by atoms with Gasteiger partial charge in [0.05, 0.1) is 17.2 Å². The van der Waals surface area contributed by atoms with Gasteiger partial charge in [-0.2, -0.15) is 0 Å². The molecule has 1 aliphatic rings. The summed E-state index contributed by atoms with van der Waals surface area (Å²) in [4.78, 5) is 0. The van der Waals surface area contributed by atoms with Crippen LogP contribution in [0.2, 0.25) is 0 Å². The molecule has 1 aromatic rings. The average Bonchev–Trinajstić information content (AvgIpc) is 2.64. The minimum atomic E-state index is -3.32. The predicted molar refractivity (Wildman–Crippen MR) is 80.0 cm³/mol. The summed E-state index contributed by atoms with van der Waals surface area (Å²) >= 11 is 0. The zero-order chi connectivity index (χ0) is 14.6. The summed E-state index contributed by atoms with van der Waals surface area (Å²) in [6.07, 6.45) is 2.73. The largest absolute Gasteiger partial charge is 0.411 e. The van der Waals surface area contributed by atoms with Crippen molar-refractivity contribution in [3.63, 3.8) is 0 Å². The second-order valence-electron chi connectivity index (χ2n) is 4.91. The second kappa shape index (κ2) is 6.26. The minimum Gasteiger partial charge on any atom is -0.411 e. The van der Waals surface area contributed by atoms with Crippen molar-refractivity contribution in [3.05, 3.63) is 29.8 Å². The quantitative estimate of drug-likeness (QED) is 0.686. The van der Waals surface area contributed by atoms with Crippen molar-refractivity contribution in [1.29, 1.82) is 0 Å². The van der Waals surface area contributed by atoms with Crippen LogP contribution in [0.25, 0.3) is 0 Å². The van der Waals surface area contributed by atoms with Crippen molar-refractivity contribution >= 4 is 21.4 Å². The molecule has 1 aromatic carbocycles. The molecule has 0 spiro atoms. The maximum atomic E-state index is 12.5. The predicted octanol–water partition coefficient (Wildman–Crippen LogP) is 2.60. The number of oxime groups is 1. The first-order chi connectivity index (χ1) is 9.60. The Labute approximate surface area is 120 Å². The van der Waals surface area contributed by atoms with Crippen LogP contribution in [0.4, 0.5) is 5.69 Å². The molecule has 110 valence electrons. The molecule has 1 N–H and O–H groups in total. The second-order valence-corrected chi connectivity index (χ2v) is 6.92. The van der Waals surface area contributed by atoms with Crippen LogP contribution in [0.3, 0.4) is 0 Å². The van der Waals surface area contributed by atoms with Gasteiger partial charge in [0, 0.05) is 12.1 Å². The molecule has 0 bridgehead atoms. The standard InChI is InChI=1S/C14H20N2O3S/c1-2-3-11-20(18,19)16-10-6-8-13(15-17)12-7-4-5-9-14(12)16/h4-5,7,9,17H,2-3,6,8,10-11H2,1H3/b15-13-. The molecule has 5 nitrogen and oxygen atoms in total. The number of benzene rings is 1. The summed E-state index contributed by atoms with van der Waals surface area (Å²) in [7, 11) is -3.32. The van der Waals surface area contributed by atoms with Crippen LogP contribution >= 0.6 is 0 Å². The van der Waals surface area contributed by atoms with E-state index in [1.54, 1.807) is 12.1 Å². The third-order valence-corrected chi connectivity index (χ3v) is 5.33. The fourth-order valence-electron chi connectivity index (χ4n) is 2.41. The Balaban J connectivity index is 2.45. The average molecular weight is 296 g/mol. The lowest BCUT2D eigenvalue weighted by atomic mass is 10.1. The molecule has 2 rings (SSSR count). The van der Waals surface area contributed by atoms with E-state index < -0.39 is 10.0 Å². The first-order valence-corrected chi connectivity index (χ1v) is 8.52. The van der Waals surface area contributed by atoms with Crippen molar-refractivity contribution in [1.82, 2.24) is 0 Å². The van der Waals surface area contributed by atoms with Crippen molar-refractivity contribution in [3.8, 4) is 0 Å². The maximum absolute atomic E-state index is 12.5. The number of sulfonamides is 1. The fourth-order valence-corrected chi connectivity index (χ4v) is 4.15. The molecular formula is C14H20N2O3S. The van der Waals surface area contributed by atoms with E-state index >= 15 is 0 Å². The Morgan fingerprint density at radius 1 is 1.35 bits per heavy atom. The highest BCUT2D eigenvalue weighted by molar-refractivity contribution is 7.92. The van der Waals surface area contributed by atoms with E-state index in [9.17, 15) is 8.42 Å². The van der Waals surface area contributed by atoms with Crippen molar-refractivity contribution in [2.24, 2.45) is 5.16 Å². The van der Waals surface area contributed by atoms with Gasteiger partial charge in [-0.1, -0.05) is 36.7 Å². The summed E-state index contributed by atoms with van der Waals surface area (Å²) in [5.41, 5.74) is 1.87. The number of rotatable bonds is 4. The molecule has 20 heavy (non-hydrogen) atoms. The van der Waals surface area contributed by atoms with Gasteiger partial charge in [-0.15, -0.1) is 0 Å². The normalized spacial score (nSPS) is 17.9. The van der Waals surface area contributed by atoms with E-state index in [0.717, 1.165) is 6.42 Å². The van der Waals surface area contributed by atoms with Gasteiger partial charge in [0.2, 0.25) is 10.0 Å². The van der Waals surface area contributed by atoms with E-state index in [0.29, 0.717) is 42.8 Å². The summed E-state index contributed by atoms with van der Waals surface area (Å²) in [5.74, 6) is 0.156. The zero-order valence-corrected chi connectivity index (χ0v) is 12.4. The van der Waals surface area contributed by atoms with Crippen LogP contribution in [0.5, 0.6) is 0 Å². The SMILES string of the molecule is CCCCS(=O)(=O)N1CCC/C(=N/O)c2ccccc21. The zero-order valence-electron chi connectivity index (χ0n) is 11.6. The van der Waals surface area contributed by atoms with E-state index in [1.165, 1.54) is 4.31 Å². The van der Waals surface area contributed by atoms with Gasteiger partial charge in [0.1, 0.15) is 0 Å². The van der Waals surface area contributed by atoms with E-state index in [1.807, 2.05) is 19.1 Å². The van der Waals surface area contributed by atoms with Gasteiger partial charge < -0.3 is 5.21 Å². The first kappa shape index (κ1) is 14.8.